The Hall–Kier alpha value is -1.47. The van der Waals surface area contributed by atoms with Gasteiger partial charge < -0.3 is 24.8 Å². The Bertz CT molecular complexity index is 2370. The van der Waals surface area contributed by atoms with E-state index in [2.05, 4.69) is 173 Å². The maximum Gasteiger partial charge on any atom is 2.00 e. The molecule has 8 aromatic carbocycles. The Morgan fingerprint density at radius 3 is 0.662 bits per heavy atom. The molecular weight excluding hydrogens is 1090 g/mol. The monoisotopic (exact) mass is 1160 g/mol. The van der Waals surface area contributed by atoms with E-state index in [9.17, 15) is 0 Å². The molecule has 0 aromatic heterocycles. The average Bonchev–Trinajstić information content (AvgIpc) is 4.10. The summed E-state index contributed by atoms with van der Waals surface area (Å²) >= 11 is 0. The van der Waals surface area contributed by atoms with Crippen molar-refractivity contribution in [3.8, 4) is 0 Å². The van der Waals surface area contributed by atoms with E-state index in [1.165, 1.54) is 145 Å². The maximum atomic E-state index is 2.44. The molecule has 4 heterocycles. The van der Waals surface area contributed by atoms with Crippen molar-refractivity contribution in [1.29, 1.82) is 0 Å². The molecule has 4 saturated heterocycles. The van der Waals surface area contributed by atoms with Gasteiger partial charge in [-0.2, -0.15) is 48.5 Å². The van der Waals surface area contributed by atoms with Crippen molar-refractivity contribution in [1.82, 2.24) is 0 Å². The van der Waals surface area contributed by atoms with Crippen LogP contribution in [0.1, 0.15) is 79.1 Å². The van der Waals surface area contributed by atoms with Crippen molar-refractivity contribution in [2.45, 2.75) is 152 Å². The quantitative estimate of drug-likeness (QED) is 0.0845. The summed E-state index contributed by atoms with van der Waals surface area (Å²) in [5.41, 5.74) is 0. The maximum absolute atomic E-state index is 2.44. The van der Waals surface area contributed by atoms with Gasteiger partial charge in [-0.1, -0.05) is 176 Å². The van der Waals surface area contributed by atoms with Gasteiger partial charge in [-0.05, 0) is 0 Å². The Labute approximate surface area is 465 Å². The number of fused-ring (bicyclic) bond motifs is 4. The van der Waals surface area contributed by atoms with Gasteiger partial charge in [-0.3, -0.25) is 0 Å². The van der Waals surface area contributed by atoms with Crippen LogP contribution in [0.5, 0.6) is 0 Å². The largest absolute Gasteiger partial charge is 2.00 e. The predicted molar refractivity (Wildman–Crippen MR) is 297 cm³/mol. The van der Waals surface area contributed by atoms with Crippen LogP contribution in [0.4, 0.5) is 0 Å². The van der Waals surface area contributed by atoms with Crippen LogP contribution in [0.15, 0.2) is 146 Å². The molecule has 0 atom stereocenters. The van der Waals surface area contributed by atoms with Crippen LogP contribution >= 0.6 is 0 Å². The van der Waals surface area contributed by atoms with E-state index < -0.39 is 32.3 Å². The van der Waals surface area contributed by atoms with E-state index in [1.54, 1.807) is 42.3 Å². The van der Waals surface area contributed by atoms with E-state index in [0.29, 0.717) is 0 Å². The molecule has 0 nitrogen and oxygen atoms in total. The first-order chi connectivity index (χ1) is 31.4. The van der Waals surface area contributed by atoms with Crippen molar-refractivity contribution < 1.29 is 77.2 Å². The number of hydrogen-bond donors (Lipinski definition) is 0. The molecule has 0 bridgehead atoms. The van der Waals surface area contributed by atoms with Crippen LogP contribution in [0.25, 0.3) is 43.1 Å². The second-order valence-electron chi connectivity index (χ2n) is 20.9. The number of hydrogen-bond acceptors (Lipinski definition) is 0. The molecule has 0 N–H and O–H groups in total. The van der Waals surface area contributed by atoms with Crippen molar-refractivity contribution in [3.05, 3.63) is 146 Å². The van der Waals surface area contributed by atoms with E-state index in [1.807, 2.05) is 0 Å². The third-order valence-corrected chi connectivity index (χ3v) is 39.8. The number of benzene rings is 4. The Morgan fingerprint density at radius 2 is 0.500 bits per heavy atom. The van der Waals surface area contributed by atoms with Gasteiger partial charge in [0.2, 0.25) is 0 Å². The Kier molecular flexibility index (Phi) is 21.9. The third-order valence-electron chi connectivity index (χ3n) is 17.2. The van der Waals surface area contributed by atoms with Crippen LogP contribution in [-0.2, 0) is 52.4 Å². The SMILES string of the molecule is CCC[Si]1([c-]2ccc3ccccc32)CCC1.CCC[Si]1([c-]2ccc3ccccc32)CCC1.CCC[Si]1([c-]2ccc3ccccc32)CCC1.CCC[Si]1([c-]2ccc3ccccc32)CCC1.[Cl-].[Cl-].[Zr+2].[Zr+2]. The zero-order chi connectivity index (χ0) is 44.0. The van der Waals surface area contributed by atoms with Gasteiger partial charge in [0.05, 0.1) is 0 Å². The predicted octanol–water partition coefficient (Wildman–Crippen LogP) is 10.1. The zero-order valence-electron chi connectivity index (χ0n) is 41.8. The molecular formula is C60H76Cl2Si4Zr2-2. The molecule has 0 amide bonds. The van der Waals surface area contributed by atoms with Crippen LogP contribution < -0.4 is 45.6 Å². The molecule has 12 rings (SSSR count). The minimum absolute atomic E-state index is 0. The first-order valence-corrected chi connectivity index (χ1v) is 36.5. The molecule has 0 unspecified atom stereocenters. The van der Waals surface area contributed by atoms with E-state index in [0.717, 1.165) is 0 Å². The van der Waals surface area contributed by atoms with Crippen LogP contribution in [0.3, 0.4) is 0 Å². The molecule has 4 aliphatic rings. The second kappa shape index (κ2) is 26.0. The van der Waals surface area contributed by atoms with Crippen molar-refractivity contribution >= 4 is 96.1 Å². The standard InChI is InChI=1S/4C15H19Si.2ClH.2Zr/c4*1-2-10-16(11-5-12-16)15-9-8-13-6-3-4-7-14(13)15;;;;/h4*3-4,6-9H,2,5,10-12H2,1H3;2*1H;;/q4*-1;;;2*+2/p-2. The third kappa shape index (κ3) is 11.5. The van der Waals surface area contributed by atoms with Gasteiger partial charge in [0.1, 0.15) is 0 Å². The molecule has 0 spiro atoms. The summed E-state index contributed by atoms with van der Waals surface area (Å²) in [5, 5.41) is 19.1. The molecule has 356 valence electrons. The van der Waals surface area contributed by atoms with Crippen LogP contribution in [0.2, 0.25) is 72.5 Å². The second-order valence-corrected chi connectivity index (χ2v) is 39.3. The van der Waals surface area contributed by atoms with Gasteiger partial charge in [0.15, 0.2) is 0 Å². The minimum Gasteiger partial charge on any atom is -1.00 e. The van der Waals surface area contributed by atoms with E-state index in [-0.39, 0.29) is 77.2 Å². The van der Waals surface area contributed by atoms with Crippen molar-refractivity contribution in [2.75, 3.05) is 0 Å². The fourth-order valence-electron chi connectivity index (χ4n) is 13.4. The molecule has 4 aliphatic heterocycles. The molecule has 0 radical (unpaired) electrons. The first-order valence-electron chi connectivity index (χ1n) is 26.0. The fraction of sp³-hybridized carbons (Fsp3) is 0.400. The first kappa shape index (κ1) is 57.4. The van der Waals surface area contributed by atoms with Gasteiger partial charge >= 0.3 is 52.4 Å². The molecule has 4 fully saturated rings. The average molecular weight is 1160 g/mol. The van der Waals surface area contributed by atoms with E-state index >= 15 is 0 Å². The summed E-state index contributed by atoms with van der Waals surface area (Å²) < 4.78 is 0. The summed E-state index contributed by atoms with van der Waals surface area (Å²) in [5.74, 6) is 0. The molecule has 0 aliphatic carbocycles. The topological polar surface area (TPSA) is 0 Å². The van der Waals surface area contributed by atoms with Crippen molar-refractivity contribution in [2.24, 2.45) is 0 Å². The Morgan fingerprint density at radius 1 is 0.309 bits per heavy atom. The van der Waals surface area contributed by atoms with Crippen molar-refractivity contribution in [3.63, 3.8) is 0 Å². The van der Waals surface area contributed by atoms with E-state index in [4.69, 9.17) is 0 Å². The number of rotatable bonds is 12. The summed E-state index contributed by atoms with van der Waals surface area (Å²) in [6.45, 7) is 9.38. The Balaban J connectivity index is 0.000000166. The van der Waals surface area contributed by atoms with Crippen LogP contribution in [-0.4, -0.2) is 32.3 Å². The van der Waals surface area contributed by atoms with Gasteiger partial charge in [0.25, 0.3) is 0 Å². The summed E-state index contributed by atoms with van der Waals surface area (Å²) in [6.07, 6.45) is 11.4. The minimum atomic E-state index is -1.03. The van der Waals surface area contributed by atoms with Gasteiger partial charge in [-0.15, -0.1) is 137 Å². The summed E-state index contributed by atoms with van der Waals surface area (Å²) in [6, 6.07) is 73.1. The van der Waals surface area contributed by atoms with Gasteiger partial charge in [0, 0.05) is 32.3 Å². The van der Waals surface area contributed by atoms with Crippen LogP contribution in [0, 0.1) is 0 Å². The molecule has 8 heteroatoms. The normalized spacial score (nSPS) is 17.5. The molecule has 0 saturated carbocycles. The summed E-state index contributed by atoms with van der Waals surface area (Å²) in [4.78, 5) is 0. The fourth-order valence-corrected chi connectivity index (χ4v) is 32.2. The molecule has 68 heavy (non-hydrogen) atoms. The smallest absolute Gasteiger partial charge is 1.00 e. The van der Waals surface area contributed by atoms with Gasteiger partial charge in [-0.25, -0.2) is 0 Å². The zero-order valence-corrected chi connectivity index (χ0v) is 52.2. The summed E-state index contributed by atoms with van der Waals surface area (Å²) in [7, 11) is -4.12. The molecule has 8 aromatic rings. The number of halogens is 2.